The molecule has 4 heteroatoms. The van der Waals surface area contributed by atoms with Gasteiger partial charge in [0.2, 0.25) is 0 Å². The molecule has 0 aromatic heterocycles. The Morgan fingerprint density at radius 1 is 1.11 bits per heavy atom. The summed E-state index contributed by atoms with van der Waals surface area (Å²) in [5.41, 5.74) is 0.197. The van der Waals surface area contributed by atoms with Gasteiger partial charge in [-0.1, -0.05) is 20.4 Å². The molecular weight excluding hydrogens is 366 g/mol. The number of Topliss-reactive ketones (excluding diaryl/α,β-unsaturated/α-hetero) is 1. The number of fused-ring (bicyclic) bond motifs is 5. The third-order valence-corrected chi connectivity index (χ3v) is 11.5. The lowest BCUT2D eigenvalue weighted by molar-refractivity contribution is -0.172. The minimum Gasteiger partial charge on any atom is -0.385 e. The first-order chi connectivity index (χ1) is 13.3. The maximum Gasteiger partial charge on any atom is 0.139 e. The second kappa shape index (κ2) is 6.59. The van der Waals surface area contributed by atoms with Crippen LogP contribution < -0.4 is 5.32 Å². The zero-order chi connectivity index (χ0) is 19.7. The van der Waals surface area contributed by atoms with E-state index in [0.29, 0.717) is 34.0 Å². The van der Waals surface area contributed by atoms with Crippen molar-refractivity contribution in [1.29, 1.82) is 0 Å². The number of thioether (sulfide) groups is 1. The molecule has 2 N–H and O–H groups in total. The molecule has 5 fully saturated rings. The van der Waals surface area contributed by atoms with Gasteiger partial charge in [0.15, 0.2) is 0 Å². The van der Waals surface area contributed by atoms with Crippen molar-refractivity contribution in [3.63, 3.8) is 0 Å². The van der Waals surface area contributed by atoms with Gasteiger partial charge in [-0.05, 0) is 81.2 Å². The first-order valence-electron chi connectivity index (χ1n) is 11.6. The van der Waals surface area contributed by atoms with Crippen LogP contribution in [0.3, 0.4) is 0 Å². The van der Waals surface area contributed by atoms with Crippen molar-refractivity contribution < 1.29 is 9.90 Å². The number of carbonyl (C=O) groups excluding carboxylic acids is 1. The number of hydrogen-bond donors (Lipinski definition) is 2. The fraction of sp³-hybridized carbons (Fsp3) is 0.875. The van der Waals surface area contributed by atoms with Crippen molar-refractivity contribution in [3.05, 3.63) is 12.2 Å². The van der Waals surface area contributed by atoms with Crippen molar-refractivity contribution in [2.24, 2.45) is 28.6 Å². The molecule has 4 saturated carbocycles. The highest BCUT2D eigenvalue weighted by Gasteiger charge is 2.65. The van der Waals surface area contributed by atoms with Crippen molar-refractivity contribution in [1.82, 2.24) is 5.32 Å². The van der Waals surface area contributed by atoms with Crippen LogP contribution in [0.1, 0.15) is 71.6 Å². The second-order valence-corrected chi connectivity index (χ2v) is 12.6. The van der Waals surface area contributed by atoms with Crippen LogP contribution in [0.25, 0.3) is 0 Å². The van der Waals surface area contributed by atoms with Crippen LogP contribution in [0.2, 0.25) is 0 Å². The summed E-state index contributed by atoms with van der Waals surface area (Å²) in [6.45, 7) is 11.3. The predicted molar refractivity (Wildman–Crippen MR) is 115 cm³/mol. The normalized spacial score (nSPS) is 53.6. The summed E-state index contributed by atoms with van der Waals surface area (Å²) in [7, 11) is 0. The zero-order valence-corrected chi connectivity index (χ0v) is 18.5. The summed E-state index contributed by atoms with van der Waals surface area (Å²) in [4.78, 5) is 12.6. The summed E-state index contributed by atoms with van der Waals surface area (Å²) < 4.78 is 0. The van der Waals surface area contributed by atoms with E-state index in [9.17, 15) is 9.90 Å². The summed E-state index contributed by atoms with van der Waals surface area (Å²) in [6, 6.07) is 0. The first-order valence-corrected chi connectivity index (χ1v) is 12.5. The van der Waals surface area contributed by atoms with Gasteiger partial charge in [-0.25, -0.2) is 0 Å². The van der Waals surface area contributed by atoms with E-state index in [0.717, 1.165) is 63.6 Å². The largest absolute Gasteiger partial charge is 0.385 e. The average Bonchev–Trinajstić information content (AvgIpc) is 3.26. The third-order valence-electron chi connectivity index (χ3n) is 9.89. The van der Waals surface area contributed by atoms with E-state index in [2.05, 4.69) is 37.5 Å². The van der Waals surface area contributed by atoms with Crippen LogP contribution in [0.5, 0.6) is 0 Å². The molecule has 4 aliphatic carbocycles. The van der Waals surface area contributed by atoms with Crippen LogP contribution in [0.4, 0.5) is 0 Å². The Hall–Kier alpha value is -0.320. The van der Waals surface area contributed by atoms with E-state index in [-0.39, 0.29) is 10.8 Å². The molecule has 1 unspecified atom stereocenters. The maximum atomic E-state index is 12.6. The first kappa shape index (κ1) is 19.6. The lowest BCUT2D eigenvalue weighted by Gasteiger charge is -2.64. The van der Waals surface area contributed by atoms with E-state index < -0.39 is 5.60 Å². The topological polar surface area (TPSA) is 49.3 Å². The van der Waals surface area contributed by atoms with Crippen LogP contribution in [-0.4, -0.2) is 40.1 Å². The monoisotopic (exact) mass is 403 g/mol. The lowest BCUT2D eigenvalue weighted by Crippen LogP contribution is -2.63. The Labute approximate surface area is 174 Å². The molecule has 1 aliphatic heterocycles. The summed E-state index contributed by atoms with van der Waals surface area (Å²) in [5, 5.41) is 16.8. The highest BCUT2D eigenvalue weighted by molar-refractivity contribution is 8.00. The highest BCUT2D eigenvalue weighted by atomic mass is 32.2. The Morgan fingerprint density at radius 3 is 2.68 bits per heavy atom. The summed E-state index contributed by atoms with van der Waals surface area (Å²) in [5.74, 6) is 2.10. The van der Waals surface area contributed by atoms with Crippen molar-refractivity contribution in [2.75, 3.05) is 13.1 Å². The van der Waals surface area contributed by atoms with Crippen LogP contribution in [-0.2, 0) is 4.79 Å². The molecule has 0 aromatic rings. The molecule has 1 heterocycles. The molecule has 156 valence electrons. The van der Waals surface area contributed by atoms with Gasteiger partial charge < -0.3 is 10.4 Å². The number of hydrogen-bond acceptors (Lipinski definition) is 4. The molecule has 28 heavy (non-hydrogen) atoms. The zero-order valence-electron chi connectivity index (χ0n) is 17.6. The Balaban J connectivity index is 1.40. The fourth-order valence-corrected chi connectivity index (χ4v) is 9.70. The van der Waals surface area contributed by atoms with E-state index in [1.54, 1.807) is 0 Å². The summed E-state index contributed by atoms with van der Waals surface area (Å²) in [6.07, 6.45) is 9.38. The lowest BCUT2D eigenvalue weighted by atomic mass is 9.43. The van der Waals surface area contributed by atoms with Gasteiger partial charge in [-0.2, -0.15) is 11.8 Å². The van der Waals surface area contributed by atoms with Crippen molar-refractivity contribution >= 4 is 17.5 Å². The Morgan fingerprint density at radius 2 is 1.93 bits per heavy atom. The molecule has 0 bridgehead atoms. The third kappa shape index (κ3) is 2.59. The molecule has 0 aromatic carbocycles. The molecule has 8 atom stereocenters. The Kier molecular flexibility index (Phi) is 4.62. The molecule has 1 saturated heterocycles. The number of carbonyl (C=O) groups is 1. The van der Waals surface area contributed by atoms with Gasteiger partial charge in [0, 0.05) is 34.3 Å². The van der Waals surface area contributed by atoms with Gasteiger partial charge in [-0.3, -0.25) is 4.79 Å². The Bertz CT molecular complexity index is 688. The summed E-state index contributed by atoms with van der Waals surface area (Å²) >= 11 is 2.12. The molecule has 3 nitrogen and oxygen atoms in total. The molecule has 0 radical (unpaired) electrons. The smallest absolute Gasteiger partial charge is 0.139 e. The van der Waals surface area contributed by atoms with Gasteiger partial charge in [-0.15, -0.1) is 0 Å². The molecule has 5 aliphatic rings. The fourth-order valence-electron chi connectivity index (χ4n) is 8.09. The number of aliphatic hydroxyl groups is 1. The standard InChI is InChI=1S/C24H37NO2S/c1-15-12-18-19-4-5-21(26)22(19,2)9-7-20(18)23(3)10-6-16(13-24(15,23)27)28-17-8-11-25-14-17/h16-20,25,27H,1,4-14H2,2-3H3/t16-,17?,18+,19+,20+,22+,23-,24+/m1/s1. The van der Waals surface area contributed by atoms with Crippen molar-refractivity contribution in [2.45, 2.75) is 87.7 Å². The van der Waals surface area contributed by atoms with Gasteiger partial charge in [0.1, 0.15) is 5.78 Å². The molecule has 0 amide bonds. The minimum atomic E-state index is -0.716. The highest BCUT2D eigenvalue weighted by Crippen LogP contribution is 2.68. The van der Waals surface area contributed by atoms with E-state index >= 15 is 0 Å². The quantitative estimate of drug-likeness (QED) is 0.673. The van der Waals surface area contributed by atoms with Gasteiger partial charge in [0.25, 0.3) is 0 Å². The second-order valence-electron chi connectivity index (χ2n) is 11.0. The van der Waals surface area contributed by atoms with E-state index in [1.165, 1.54) is 12.8 Å². The number of ketones is 1. The number of nitrogens with one attached hydrogen (secondary N) is 1. The van der Waals surface area contributed by atoms with Crippen LogP contribution >= 0.6 is 11.8 Å². The molecule has 5 rings (SSSR count). The molecular formula is C24H37NO2S. The minimum absolute atomic E-state index is 0.0645. The number of rotatable bonds is 2. The van der Waals surface area contributed by atoms with Gasteiger partial charge in [0.05, 0.1) is 5.60 Å². The van der Waals surface area contributed by atoms with E-state index in [4.69, 9.17) is 0 Å². The average molecular weight is 404 g/mol. The predicted octanol–water partition coefficient (Wildman–Crippen LogP) is 4.34. The van der Waals surface area contributed by atoms with Crippen molar-refractivity contribution in [3.8, 4) is 0 Å². The van der Waals surface area contributed by atoms with Gasteiger partial charge >= 0.3 is 0 Å². The van der Waals surface area contributed by atoms with Crippen LogP contribution in [0.15, 0.2) is 12.2 Å². The molecule has 0 spiro atoms. The maximum absolute atomic E-state index is 12.6. The van der Waals surface area contributed by atoms with E-state index in [1.807, 2.05) is 0 Å². The SMILES string of the molecule is C=C1C[C@H]2[C@@H]3CCC(=O)[C@@]3(C)CC[C@@H]2[C@@]2(C)CC[C@@H](SC3CCNC3)C[C@]12O. The van der Waals surface area contributed by atoms with Crippen LogP contribution in [0, 0.1) is 28.6 Å².